The van der Waals surface area contributed by atoms with Gasteiger partial charge in [-0.1, -0.05) is 65.1 Å². The number of benzene rings is 2. The van der Waals surface area contributed by atoms with Crippen LogP contribution in [-0.4, -0.2) is 76.5 Å². The molecular formula is C43H46N10O7S2. The van der Waals surface area contributed by atoms with Gasteiger partial charge < -0.3 is 10.1 Å². The van der Waals surface area contributed by atoms with Crippen molar-refractivity contribution in [1.29, 1.82) is 0 Å². The second kappa shape index (κ2) is 17.0. The number of carbonyl (C=O) groups excluding carboxylic acids is 2. The highest BCUT2D eigenvalue weighted by atomic mass is 32.2. The summed E-state index contributed by atoms with van der Waals surface area (Å²) in [7, 11) is -7.10. The second-order valence-corrected chi connectivity index (χ2v) is 19.6. The van der Waals surface area contributed by atoms with Crippen molar-refractivity contribution in [3.8, 4) is 22.8 Å². The molecule has 6 aromatic rings. The second-order valence-electron chi connectivity index (χ2n) is 15.9. The van der Waals surface area contributed by atoms with E-state index in [2.05, 4.69) is 73.8 Å². The molecule has 0 saturated heterocycles. The first kappa shape index (κ1) is 44.8. The molecule has 322 valence electrons. The molecule has 2 N–H and O–H groups in total. The fourth-order valence-corrected chi connectivity index (χ4v) is 9.49. The van der Waals surface area contributed by atoms with Gasteiger partial charge in [0.25, 0.3) is 5.69 Å². The largest absolute Gasteiger partial charge is 0.459 e. The average Bonchev–Trinajstić information content (AvgIpc) is 3.94. The molecule has 1 aliphatic rings. The first-order chi connectivity index (χ1) is 29.1. The molecule has 2 unspecified atom stereocenters. The number of aryl methyl sites for hydroxylation is 2. The van der Waals surface area contributed by atoms with Crippen LogP contribution in [0.3, 0.4) is 0 Å². The SMILES string of the molecule is [C-]#[N+]c1c(C(=O)OC2C(C)CC(C)CC2C)c(=C)n2nc(-c3ccc(C)c(NS(C)(=O)=O)c3)nc12.[C-]#[N+]c1c(S(C)(=O)=O)c(=C)n2nc(-c3ccc(C)c(NC(=O)CC)c3)nc12. The number of anilines is 2. The lowest BCUT2D eigenvalue weighted by Gasteiger charge is -2.37. The molecule has 1 saturated carbocycles. The molecule has 0 radical (unpaired) electrons. The molecule has 0 bridgehead atoms. The van der Waals surface area contributed by atoms with E-state index in [9.17, 15) is 26.4 Å². The number of amides is 1. The van der Waals surface area contributed by atoms with E-state index >= 15 is 0 Å². The minimum atomic E-state index is -3.64. The van der Waals surface area contributed by atoms with Crippen LogP contribution < -0.4 is 20.7 Å². The van der Waals surface area contributed by atoms with Crippen LogP contribution in [0.15, 0.2) is 41.3 Å². The smallest absolute Gasteiger partial charge is 0.330 e. The Balaban J connectivity index is 0.000000214. The van der Waals surface area contributed by atoms with Crippen molar-refractivity contribution in [2.75, 3.05) is 22.6 Å². The molecule has 7 rings (SSSR count). The van der Waals surface area contributed by atoms with Gasteiger partial charge in [0.1, 0.15) is 11.0 Å². The number of carbonyl (C=O) groups is 2. The Morgan fingerprint density at radius 3 is 1.82 bits per heavy atom. The van der Waals surface area contributed by atoms with E-state index < -0.39 is 25.8 Å². The maximum atomic E-state index is 13.2. The lowest BCUT2D eigenvalue weighted by atomic mass is 9.75. The number of sulfonamides is 1. The van der Waals surface area contributed by atoms with Crippen molar-refractivity contribution in [3.05, 3.63) is 86.6 Å². The lowest BCUT2D eigenvalue weighted by molar-refractivity contribution is -0.115. The van der Waals surface area contributed by atoms with Crippen LogP contribution in [0.4, 0.5) is 22.7 Å². The minimum Gasteiger partial charge on any atom is -0.459 e. The third kappa shape index (κ3) is 8.86. The summed E-state index contributed by atoms with van der Waals surface area (Å²) < 4.78 is 58.4. The van der Waals surface area contributed by atoms with Crippen LogP contribution in [0.25, 0.3) is 56.9 Å². The number of fused-ring (bicyclic) bond motifs is 2. The van der Waals surface area contributed by atoms with E-state index in [1.165, 1.54) is 9.03 Å². The molecule has 0 spiro atoms. The Labute approximate surface area is 359 Å². The van der Waals surface area contributed by atoms with Gasteiger partial charge in [0.05, 0.1) is 41.3 Å². The molecule has 1 amide bonds. The van der Waals surface area contributed by atoms with Gasteiger partial charge in [0, 0.05) is 29.5 Å². The van der Waals surface area contributed by atoms with Gasteiger partial charge >= 0.3 is 5.97 Å². The van der Waals surface area contributed by atoms with Crippen molar-refractivity contribution < 1.29 is 31.2 Å². The summed E-state index contributed by atoms with van der Waals surface area (Å²) in [4.78, 5) is 40.4. The van der Waals surface area contributed by atoms with Crippen molar-refractivity contribution in [3.63, 3.8) is 0 Å². The first-order valence-electron chi connectivity index (χ1n) is 19.5. The van der Waals surface area contributed by atoms with Crippen LogP contribution >= 0.6 is 0 Å². The summed E-state index contributed by atoms with van der Waals surface area (Å²) in [6, 6.07) is 10.5. The summed E-state index contributed by atoms with van der Waals surface area (Å²) >= 11 is 0. The van der Waals surface area contributed by atoms with Crippen LogP contribution in [0.5, 0.6) is 0 Å². The zero-order valence-corrected chi connectivity index (χ0v) is 37.2. The van der Waals surface area contributed by atoms with E-state index in [1.807, 2.05) is 13.0 Å². The minimum absolute atomic E-state index is 0.0461. The first-order valence-corrected chi connectivity index (χ1v) is 23.3. The molecule has 1 fully saturated rings. The quantitative estimate of drug-likeness (QED) is 0.125. The number of nitrogens with one attached hydrogen (secondary N) is 2. The molecule has 4 aromatic heterocycles. The number of hydrogen-bond acceptors (Lipinski definition) is 11. The Morgan fingerprint density at radius 2 is 1.32 bits per heavy atom. The standard InChI is InChI=1S/C25H29N5O4S.C18H17N5O3S/c1-13-10-15(3)22(16(4)11-13)34-25(31)20-17(5)30-24(21(20)26-6)27-23(28-30)18-9-8-14(2)19(12-18)29-35(7,32)33;1-6-14(24)20-13-9-12(8-7-10(13)2)17-21-18-15(19-4)16(27(5,25)26)11(3)23(18)22-17/h8-9,12-13,15-16,22,29H,5,10-11H2,1-4,7H3;7-9H,3,6H2,1-2,5H3,(H,20,24). The fourth-order valence-electron chi connectivity index (χ4n) is 7.87. The van der Waals surface area contributed by atoms with Crippen molar-refractivity contribution >= 4 is 78.9 Å². The van der Waals surface area contributed by atoms with Gasteiger partial charge in [-0.3, -0.25) is 9.52 Å². The number of hydrogen-bond donors (Lipinski definition) is 2. The zero-order chi connectivity index (χ0) is 45.6. The molecule has 0 aliphatic heterocycles. The molecule has 1 aliphatic carbocycles. The Bertz CT molecular complexity index is 3190. The molecule has 19 heteroatoms. The summed E-state index contributed by atoms with van der Waals surface area (Å²) in [5.74, 6) is 0.936. The third-order valence-corrected chi connectivity index (χ3v) is 12.5. The highest BCUT2D eigenvalue weighted by molar-refractivity contribution is 7.92. The van der Waals surface area contributed by atoms with E-state index in [0.29, 0.717) is 40.7 Å². The van der Waals surface area contributed by atoms with Gasteiger partial charge in [-0.15, -0.1) is 10.2 Å². The maximum Gasteiger partial charge on any atom is 0.330 e. The Morgan fingerprint density at radius 1 is 0.823 bits per heavy atom. The van der Waals surface area contributed by atoms with Gasteiger partial charge in [-0.25, -0.2) is 50.3 Å². The Kier molecular flexibility index (Phi) is 12.3. The zero-order valence-electron chi connectivity index (χ0n) is 35.6. The predicted molar refractivity (Wildman–Crippen MR) is 237 cm³/mol. The fraction of sp³-hybridized carbons (Fsp3) is 0.349. The highest BCUT2D eigenvalue weighted by Gasteiger charge is 2.36. The Hall–Kier alpha value is -6.70. The molecule has 17 nitrogen and oxygen atoms in total. The number of nitrogens with zero attached hydrogens (tertiary/aromatic N) is 8. The summed E-state index contributed by atoms with van der Waals surface area (Å²) in [6.45, 7) is 34.6. The van der Waals surface area contributed by atoms with E-state index in [-0.39, 0.29) is 73.5 Å². The van der Waals surface area contributed by atoms with E-state index in [1.54, 1.807) is 44.2 Å². The number of aromatic nitrogens is 6. The van der Waals surface area contributed by atoms with Crippen molar-refractivity contribution in [2.45, 2.75) is 71.8 Å². The van der Waals surface area contributed by atoms with Gasteiger partial charge in [0.2, 0.25) is 21.6 Å². The summed E-state index contributed by atoms with van der Waals surface area (Å²) in [5.41, 5.74) is 4.27. The van der Waals surface area contributed by atoms with E-state index in [0.717, 1.165) is 36.5 Å². The lowest BCUT2D eigenvalue weighted by Crippen LogP contribution is -2.38. The summed E-state index contributed by atoms with van der Waals surface area (Å²) in [5, 5.41) is 11.9. The number of sulfone groups is 1. The average molecular weight is 879 g/mol. The van der Waals surface area contributed by atoms with Crippen molar-refractivity contribution in [2.24, 2.45) is 17.8 Å². The molecule has 2 aromatic carbocycles. The molecule has 2 atom stereocenters. The molecule has 62 heavy (non-hydrogen) atoms. The monoisotopic (exact) mass is 878 g/mol. The topological polar surface area (TPSA) is 205 Å². The number of ether oxygens (including phenoxy) is 1. The van der Waals surface area contributed by atoms with Crippen LogP contribution in [-0.2, 0) is 29.4 Å². The third-order valence-electron chi connectivity index (χ3n) is 10.7. The van der Waals surface area contributed by atoms with Crippen LogP contribution in [0, 0.1) is 44.7 Å². The van der Waals surface area contributed by atoms with Gasteiger partial charge in [0.15, 0.2) is 32.8 Å². The maximum absolute atomic E-state index is 13.2. The summed E-state index contributed by atoms with van der Waals surface area (Å²) in [6.07, 6.45) is 4.20. The van der Waals surface area contributed by atoms with Gasteiger partial charge in [-0.05, 0) is 67.7 Å². The normalized spacial score (nSPS) is 17.8. The number of rotatable bonds is 9. The highest BCUT2D eigenvalue weighted by Crippen LogP contribution is 2.37. The molecule has 4 heterocycles. The van der Waals surface area contributed by atoms with Gasteiger partial charge in [-0.2, -0.15) is 0 Å². The predicted octanol–water partition coefficient (Wildman–Crippen LogP) is 6.12. The number of esters is 1. The van der Waals surface area contributed by atoms with E-state index in [4.69, 9.17) is 17.9 Å². The van der Waals surface area contributed by atoms with Crippen LogP contribution in [0.2, 0.25) is 0 Å². The van der Waals surface area contributed by atoms with Crippen LogP contribution in [0.1, 0.15) is 68.4 Å². The van der Waals surface area contributed by atoms with Crippen molar-refractivity contribution in [1.82, 2.24) is 29.2 Å². The molecular weight excluding hydrogens is 833 g/mol.